The molecule has 0 fully saturated rings. The minimum absolute atomic E-state index is 0.0542. The predicted molar refractivity (Wildman–Crippen MR) is 68.3 cm³/mol. The van der Waals surface area contributed by atoms with Gasteiger partial charge in [-0.15, -0.1) is 0 Å². The summed E-state index contributed by atoms with van der Waals surface area (Å²) >= 11 is 0. The lowest BCUT2D eigenvalue weighted by Crippen LogP contribution is -2.51. The average Bonchev–Trinajstić information content (AvgIpc) is 2.41. The van der Waals surface area contributed by atoms with Crippen molar-refractivity contribution in [2.45, 2.75) is 44.4 Å². The molecule has 1 unspecified atom stereocenters. The molecule has 0 saturated heterocycles. The van der Waals surface area contributed by atoms with Gasteiger partial charge in [-0.25, -0.2) is 13.6 Å². The van der Waals surface area contributed by atoms with Crippen LogP contribution in [0.2, 0.25) is 0 Å². The number of fused-ring (bicyclic) bond motifs is 1. The monoisotopic (exact) mass is 323 g/mol. The van der Waals surface area contributed by atoms with Gasteiger partial charge >= 0.3 is 12.3 Å². The number of carbonyl (C=O) groups excluding carboxylic acids is 1. The van der Waals surface area contributed by atoms with Crippen LogP contribution in [0.15, 0.2) is 12.1 Å². The SMILES string of the molecule is CCCCCC1(C(F)(F)F)OC(=O)Nc2ccc(F)c(F)c21. The third-order valence-electron chi connectivity index (χ3n) is 3.59. The Labute approximate surface area is 123 Å². The molecule has 22 heavy (non-hydrogen) atoms. The first kappa shape index (κ1) is 16.5. The number of anilines is 1. The molecule has 1 amide bonds. The Bertz CT molecular complexity index is 587. The largest absolute Gasteiger partial charge is 0.433 e. The van der Waals surface area contributed by atoms with E-state index in [1.165, 1.54) is 0 Å². The molecule has 1 heterocycles. The maximum Gasteiger partial charge on any atom is 0.433 e. The van der Waals surface area contributed by atoms with Crippen molar-refractivity contribution >= 4 is 11.8 Å². The fourth-order valence-electron chi connectivity index (χ4n) is 2.54. The van der Waals surface area contributed by atoms with E-state index in [0.29, 0.717) is 18.9 Å². The number of carbonyl (C=O) groups is 1. The lowest BCUT2D eigenvalue weighted by molar-refractivity contribution is -0.268. The Balaban J connectivity index is 2.63. The Hall–Kier alpha value is -1.86. The van der Waals surface area contributed by atoms with Gasteiger partial charge in [-0.2, -0.15) is 13.2 Å². The second-order valence-corrected chi connectivity index (χ2v) is 5.08. The summed E-state index contributed by atoms with van der Waals surface area (Å²) in [7, 11) is 0. The van der Waals surface area contributed by atoms with Gasteiger partial charge in [0.2, 0.25) is 5.60 Å². The van der Waals surface area contributed by atoms with Gasteiger partial charge in [-0.05, 0) is 18.6 Å². The van der Waals surface area contributed by atoms with Crippen molar-refractivity contribution in [3.05, 3.63) is 29.3 Å². The van der Waals surface area contributed by atoms with Crippen LogP contribution in [0.4, 0.5) is 32.4 Å². The molecule has 3 nitrogen and oxygen atoms in total. The van der Waals surface area contributed by atoms with Crippen LogP contribution in [0, 0.1) is 11.6 Å². The summed E-state index contributed by atoms with van der Waals surface area (Å²) in [4.78, 5) is 11.5. The van der Waals surface area contributed by atoms with E-state index in [9.17, 15) is 26.7 Å². The van der Waals surface area contributed by atoms with Gasteiger partial charge in [0.1, 0.15) is 0 Å². The van der Waals surface area contributed by atoms with Gasteiger partial charge in [-0.3, -0.25) is 5.32 Å². The lowest BCUT2D eigenvalue weighted by Gasteiger charge is -2.39. The Morgan fingerprint density at radius 2 is 1.91 bits per heavy atom. The van der Waals surface area contributed by atoms with Gasteiger partial charge in [0.25, 0.3) is 0 Å². The first-order chi connectivity index (χ1) is 10.2. The van der Waals surface area contributed by atoms with E-state index in [1.54, 1.807) is 6.92 Å². The number of rotatable bonds is 4. The summed E-state index contributed by atoms with van der Waals surface area (Å²) in [6.45, 7) is 1.78. The molecule has 0 bridgehead atoms. The number of hydrogen-bond donors (Lipinski definition) is 1. The molecule has 1 atom stereocenters. The van der Waals surface area contributed by atoms with Gasteiger partial charge in [0.15, 0.2) is 11.6 Å². The van der Waals surface area contributed by atoms with Crippen LogP contribution in [0.25, 0.3) is 0 Å². The zero-order chi connectivity index (χ0) is 16.5. The van der Waals surface area contributed by atoms with E-state index in [0.717, 1.165) is 6.07 Å². The Morgan fingerprint density at radius 1 is 1.23 bits per heavy atom. The molecule has 1 aromatic rings. The van der Waals surface area contributed by atoms with E-state index < -0.39 is 47.2 Å². The number of alkyl halides is 3. The fourth-order valence-corrected chi connectivity index (χ4v) is 2.54. The zero-order valence-electron chi connectivity index (χ0n) is 11.7. The van der Waals surface area contributed by atoms with E-state index in [1.807, 2.05) is 5.32 Å². The number of unbranched alkanes of at least 4 members (excludes halogenated alkanes) is 2. The number of nitrogens with one attached hydrogen (secondary N) is 1. The molecule has 8 heteroatoms. The molecule has 0 aromatic heterocycles. The van der Waals surface area contributed by atoms with Crippen LogP contribution in [0.5, 0.6) is 0 Å². The molecular weight excluding hydrogens is 309 g/mol. The van der Waals surface area contributed by atoms with Crippen molar-refractivity contribution < 1.29 is 31.5 Å². The molecule has 1 aliphatic rings. The van der Waals surface area contributed by atoms with Crippen molar-refractivity contribution in [3.8, 4) is 0 Å². The minimum atomic E-state index is -5.07. The summed E-state index contributed by atoms with van der Waals surface area (Å²) in [5.41, 5.74) is -4.61. The maximum absolute atomic E-state index is 14.0. The Kier molecular flexibility index (Phi) is 4.30. The highest BCUT2D eigenvalue weighted by molar-refractivity contribution is 5.89. The number of benzene rings is 1. The predicted octanol–water partition coefficient (Wildman–Crippen LogP) is 4.86. The second kappa shape index (κ2) is 5.73. The average molecular weight is 323 g/mol. The van der Waals surface area contributed by atoms with Crippen LogP contribution >= 0.6 is 0 Å². The number of halogens is 5. The highest BCUT2D eigenvalue weighted by atomic mass is 19.4. The highest BCUT2D eigenvalue weighted by Gasteiger charge is 2.63. The van der Waals surface area contributed by atoms with Crippen LogP contribution < -0.4 is 5.32 Å². The molecule has 1 aliphatic heterocycles. The minimum Gasteiger partial charge on any atom is -0.428 e. The molecule has 1 aromatic carbocycles. The first-order valence-corrected chi connectivity index (χ1v) is 6.78. The van der Waals surface area contributed by atoms with Gasteiger partial charge in [0, 0.05) is 6.42 Å². The van der Waals surface area contributed by atoms with Gasteiger partial charge in [0.05, 0.1) is 11.3 Å². The normalized spacial score (nSPS) is 21.1. The van der Waals surface area contributed by atoms with Gasteiger partial charge < -0.3 is 4.74 Å². The standard InChI is InChI=1S/C14H14F5NO2/c1-2-3-4-7-13(14(17,18)19)10-9(20-12(21)22-13)6-5-8(15)11(10)16/h5-6H,2-4,7H2,1H3,(H,20,21). The third kappa shape index (κ3) is 2.62. The quantitative estimate of drug-likeness (QED) is 0.634. The van der Waals surface area contributed by atoms with Crippen molar-refractivity contribution in [2.75, 3.05) is 5.32 Å². The van der Waals surface area contributed by atoms with E-state index in [-0.39, 0.29) is 6.42 Å². The third-order valence-corrected chi connectivity index (χ3v) is 3.59. The number of cyclic esters (lactones) is 1. The molecule has 122 valence electrons. The fraction of sp³-hybridized carbons (Fsp3) is 0.500. The summed E-state index contributed by atoms with van der Waals surface area (Å²) in [6.07, 6.45) is -5.95. The van der Waals surface area contributed by atoms with E-state index in [2.05, 4.69) is 4.74 Å². The van der Waals surface area contributed by atoms with E-state index in [4.69, 9.17) is 0 Å². The number of amides is 1. The summed E-state index contributed by atoms with van der Waals surface area (Å²) < 4.78 is 72.7. The van der Waals surface area contributed by atoms with Crippen LogP contribution in [0.3, 0.4) is 0 Å². The summed E-state index contributed by atoms with van der Waals surface area (Å²) in [5.74, 6) is -3.09. The molecule has 0 saturated carbocycles. The summed E-state index contributed by atoms with van der Waals surface area (Å²) in [5, 5.41) is 1.98. The van der Waals surface area contributed by atoms with Crippen molar-refractivity contribution in [1.82, 2.24) is 0 Å². The molecule has 0 spiro atoms. The number of hydrogen-bond acceptors (Lipinski definition) is 2. The van der Waals surface area contributed by atoms with Crippen molar-refractivity contribution in [3.63, 3.8) is 0 Å². The highest BCUT2D eigenvalue weighted by Crippen LogP contribution is 2.51. The first-order valence-electron chi connectivity index (χ1n) is 6.78. The molecule has 0 aliphatic carbocycles. The van der Waals surface area contributed by atoms with Crippen LogP contribution in [0.1, 0.15) is 38.2 Å². The van der Waals surface area contributed by atoms with Crippen LogP contribution in [-0.2, 0) is 10.3 Å². The van der Waals surface area contributed by atoms with Crippen LogP contribution in [-0.4, -0.2) is 12.3 Å². The zero-order valence-corrected chi connectivity index (χ0v) is 11.7. The smallest absolute Gasteiger partial charge is 0.428 e. The Morgan fingerprint density at radius 3 is 2.50 bits per heavy atom. The molecule has 1 N–H and O–H groups in total. The molecule has 0 radical (unpaired) electrons. The van der Waals surface area contributed by atoms with Crippen molar-refractivity contribution in [1.29, 1.82) is 0 Å². The summed E-state index contributed by atoms with van der Waals surface area (Å²) in [6, 6.07) is 1.56. The van der Waals surface area contributed by atoms with Crippen molar-refractivity contribution in [2.24, 2.45) is 0 Å². The lowest BCUT2D eigenvalue weighted by atomic mass is 9.84. The maximum atomic E-state index is 14.0. The number of ether oxygens (including phenoxy) is 1. The topological polar surface area (TPSA) is 38.3 Å². The van der Waals surface area contributed by atoms with Gasteiger partial charge in [-0.1, -0.05) is 19.8 Å². The van der Waals surface area contributed by atoms with E-state index >= 15 is 0 Å². The molecular formula is C14H14F5NO2. The molecule has 2 rings (SSSR count). The second-order valence-electron chi connectivity index (χ2n) is 5.08.